The van der Waals surface area contributed by atoms with Gasteiger partial charge in [-0.15, -0.1) is 0 Å². The van der Waals surface area contributed by atoms with Gasteiger partial charge < -0.3 is 34.9 Å². The van der Waals surface area contributed by atoms with E-state index in [1.165, 1.54) is 10.9 Å². The molecular weight excluding hydrogens is 572 g/mol. The molecule has 0 bridgehead atoms. The zero-order valence-corrected chi connectivity index (χ0v) is 22.8. The number of fused-ring (bicyclic) bond motifs is 2. The predicted octanol–water partition coefficient (Wildman–Crippen LogP) is 2.66. The molecule has 5 rings (SSSR count). The van der Waals surface area contributed by atoms with Crippen molar-refractivity contribution in [2.24, 2.45) is 0 Å². The Hall–Kier alpha value is -2.44. The van der Waals surface area contributed by atoms with Crippen molar-refractivity contribution in [3.63, 3.8) is 0 Å². The number of nitrogens with one attached hydrogen (secondary N) is 1. The summed E-state index contributed by atoms with van der Waals surface area (Å²) in [5.74, 6) is -0.828. The molecule has 5 atom stereocenters. The van der Waals surface area contributed by atoms with E-state index in [-0.39, 0.29) is 17.4 Å². The van der Waals surface area contributed by atoms with Crippen LogP contribution < -0.4 is 5.32 Å². The van der Waals surface area contributed by atoms with Crippen LogP contribution in [0.25, 0.3) is 21.9 Å². The molecule has 39 heavy (non-hydrogen) atoms. The highest BCUT2D eigenvalue weighted by atomic mass is 35.5. The lowest BCUT2D eigenvalue weighted by molar-refractivity contribution is -0.0354. The minimum Gasteiger partial charge on any atom is -0.388 e. The average Bonchev–Trinajstić information content (AvgIpc) is 3.40. The van der Waals surface area contributed by atoms with Gasteiger partial charge in [0.15, 0.2) is 23.2 Å². The van der Waals surface area contributed by atoms with Crippen molar-refractivity contribution in [2.75, 3.05) is 17.4 Å². The van der Waals surface area contributed by atoms with E-state index in [2.05, 4.69) is 26.3 Å². The van der Waals surface area contributed by atoms with E-state index in [4.69, 9.17) is 26.1 Å². The highest BCUT2D eigenvalue weighted by molar-refractivity contribution is 7.72. The lowest BCUT2D eigenvalue weighted by Crippen LogP contribution is -2.32. The minimum absolute atomic E-state index is 0.0893. The molecule has 208 valence electrons. The molecule has 0 amide bonds. The monoisotopic (exact) mass is 597 g/mol. The highest BCUT2D eigenvalue weighted by Gasteiger charge is 2.45. The molecule has 2 unspecified atom stereocenters. The van der Waals surface area contributed by atoms with E-state index in [0.717, 1.165) is 16.3 Å². The molecule has 0 spiro atoms. The molecule has 1 fully saturated rings. The summed E-state index contributed by atoms with van der Waals surface area (Å²) < 4.78 is 30.5. The maximum atomic E-state index is 12.2. The van der Waals surface area contributed by atoms with E-state index >= 15 is 0 Å². The van der Waals surface area contributed by atoms with E-state index in [1.54, 1.807) is 0 Å². The number of aliphatic hydroxyl groups is 2. The van der Waals surface area contributed by atoms with Crippen molar-refractivity contribution in [1.82, 2.24) is 19.5 Å². The number of ether oxygens (including phenoxy) is 1. The Morgan fingerprint density at radius 1 is 1.03 bits per heavy atom. The Morgan fingerprint density at radius 3 is 2.51 bits per heavy atom. The molecule has 1 aliphatic rings. The molecule has 16 heteroatoms. The number of imidazole rings is 1. The van der Waals surface area contributed by atoms with Gasteiger partial charge in [-0.25, -0.2) is 4.98 Å². The Balaban J connectivity index is 1.34. The molecule has 6 N–H and O–H groups in total. The summed E-state index contributed by atoms with van der Waals surface area (Å²) in [7, 11) is -8.91. The fraction of sp³-hybridized carbons (Fsp3) is 0.348. The van der Waals surface area contributed by atoms with Crippen LogP contribution in [0.15, 0.2) is 48.8 Å². The van der Waals surface area contributed by atoms with Gasteiger partial charge in [0.1, 0.15) is 18.1 Å². The normalized spacial score (nSPS) is 23.3. The smallest absolute Gasteiger partial charge is 0.335 e. The Bertz CT molecular complexity index is 1610. The van der Waals surface area contributed by atoms with Gasteiger partial charge in [-0.1, -0.05) is 36.4 Å². The van der Waals surface area contributed by atoms with Gasteiger partial charge in [-0.05, 0) is 40.4 Å². The first-order valence-corrected chi connectivity index (χ1v) is 16.1. The summed E-state index contributed by atoms with van der Waals surface area (Å²) in [6.07, 6.45) is -4.51. The van der Waals surface area contributed by atoms with Gasteiger partial charge in [0.25, 0.3) is 0 Å². The number of aromatic nitrogens is 4. The summed E-state index contributed by atoms with van der Waals surface area (Å²) in [6.45, 7) is 0.416. The number of anilines is 1. The van der Waals surface area contributed by atoms with E-state index in [0.29, 0.717) is 17.9 Å². The van der Waals surface area contributed by atoms with Crippen LogP contribution in [0.1, 0.15) is 18.2 Å². The predicted molar refractivity (Wildman–Crippen MR) is 144 cm³/mol. The molecule has 0 radical (unpaired) electrons. The maximum Gasteiger partial charge on any atom is 0.335 e. The first kappa shape index (κ1) is 28.1. The van der Waals surface area contributed by atoms with Crippen LogP contribution in [0.3, 0.4) is 0 Å². The van der Waals surface area contributed by atoms with Crippen molar-refractivity contribution >= 4 is 54.3 Å². The fourth-order valence-electron chi connectivity index (χ4n) is 4.62. The third-order valence-corrected chi connectivity index (χ3v) is 10.8. The second kappa shape index (κ2) is 10.9. The largest absolute Gasteiger partial charge is 0.388 e. The van der Waals surface area contributed by atoms with Crippen molar-refractivity contribution in [3.05, 3.63) is 59.6 Å². The lowest BCUT2D eigenvalue weighted by atomic mass is 10.1. The Morgan fingerprint density at radius 2 is 1.77 bits per heavy atom. The third-order valence-electron chi connectivity index (χ3n) is 6.45. The summed E-state index contributed by atoms with van der Waals surface area (Å²) in [6, 6.07) is 14.0. The van der Waals surface area contributed by atoms with Crippen LogP contribution in [0.4, 0.5) is 5.82 Å². The first-order chi connectivity index (χ1) is 18.4. The molecule has 4 aromatic rings. The van der Waals surface area contributed by atoms with Gasteiger partial charge in [0, 0.05) is 12.7 Å². The van der Waals surface area contributed by atoms with Crippen LogP contribution in [0.2, 0.25) is 5.28 Å². The molecule has 0 aliphatic carbocycles. The third kappa shape index (κ3) is 6.33. The summed E-state index contributed by atoms with van der Waals surface area (Å²) in [5, 5.41) is 26.5. The number of halogens is 1. The molecule has 2 aromatic carbocycles. The van der Waals surface area contributed by atoms with Crippen molar-refractivity contribution in [3.8, 4) is 0 Å². The molecular formula is C23H26ClN5O8P2. The molecule has 13 nitrogen and oxygen atoms in total. The topological polar surface area (TPSA) is 200 Å². The molecule has 1 aliphatic heterocycles. The highest BCUT2D eigenvalue weighted by Crippen LogP contribution is 2.55. The molecule has 2 aromatic heterocycles. The number of hydrogen-bond acceptors (Lipinski definition) is 9. The second-order valence-electron chi connectivity index (χ2n) is 9.41. The Kier molecular flexibility index (Phi) is 7.82. The van der Waals surface area contributed by atoms with Crippen LogP contribution in [0.5, 0.6) is 0 Å². The van der Waals surface area contributed by atoms with Gasteiger partial charge in [-0.2, -0.15) is 9.97 Å². The number of benzene rings is 2. The van der Waals surface area contributed by atoms with Crippen molar-refractivity contribution in [2.45, 2.75) is 37.5 Å². The van der Waals surface area contributed by atoms with Gasteiger partial charge in [0.2, 0.25) is 12.7 Å². The van der Waals surface area contributed by atoms with Crippen LogP contribution in [0, 0.1) is 0 Å². The zero-order valence-electron chi connectivity index (χ0n) is 20.3. The summed E-state index contributed by atoms with van der Waals surface area (Å²) >= 11 is 6.19. The van der Waals surface area contributed by atoms with Crippen LogP contribution >= 0.6 is 26.6 Å². The first-order valence-electron chi connectivity index (χ1n) is 11.9. The fourth-order valence-corrected chi connectivity index (χ4v) is 8.31. The van der Waals surface area contributed by atoms with E-state index in [1.807, 2.05) is 36.4 Å². The quantitative estimate of drug-likeness (QED) is 0.122. The molecule has 1 saturated heterocycles. The number of rotatable bonds is 9. The Labute approximate surface area is 227 Å². The molecule has 0 saturated carbocycles. The van der Waals surface area contributed by atoms with E-state index in [9.17, 15) is 24.2 Å². The SMILES string of the molecule is O=P(O)(O)CP(=O)(O)CC[C@H]1O[C@@H](n2cnc3c(NCc4ccc5ccccc5c4)nc(Cl)nc32)C(O)[C@H]1O. The van der Waals surface area contributed by atoms with Gasteiger partial charge in [0.05, 0.1) is 12.4 Å². The van der Waals surface area contributed by atoms with Gasteiger partial charge >= 0.3 is 7.60 Å². The standard InChI is InChI=1S/C23H26ClN5O8P2/c24-23-27-20(25-10-13-5-6-14-3-1-2-4-15(14)9-13)17-21(28-23)29(11-26-17)22-19(31)18(30)16(37-22)7-8-38(32,33)12-39(34,35)36/h1-6,9,11,16,18-19,22,30-31H,7-8,10,12H2,(H,32,33)(H,25,27,28)(H2,34,35,36)/t16-,18+,19?,22-/m1/s1. The van der Waals surface area contributed by atoms with Crippen LogP contribution in [-0.2, 0) is 20.4 Å². The maximum absolute atomic E-state index is 12.2. The molecule has 3 heterocycles. The van der Waals surface area contributed by atoms with Crippen LogP contribution in [-0.4, -0.2) is 74.8 Å². The zero-order chi connectivity index (χ0) is 27.9. The summed E-state index contributed by atoms with van der Waals surface area (Å²) in [5.41, 5.74) is 1.56. The average molecular weight is 598 g/mol. The van der Waals surface area contributed by atoms with Crippen molar-refractivity contribution < 1.29 is 38.8 Å². The second-order valence-corrected chi connectivity index (χ2v) is 14.3. The van der Waals surface area contributed by atoms with Crippen molar-refractivity contribution in [1.29, 1.82) is 0 Å². The lowest BCUT2D eigenvalue weighted by Gasteiger charge is -2.18. The van der Waals surface area contributed by atoms with Gasteiger partial charge in [-0.3, -0.25) is 13.7 Å². The number of hydrogen-bond donors (Lipinski definition) is 6. The summed E-state index contributed by atoms with van der Waals surface area (Å²) in [4.78, 5) is 40.8. The number of nitrogens with zero attached hydrogens (tertiary/aromatic N) is 4. The number of aliphatic hydroxyl groups excluding tert-OH is 2. The van der Waals surface area contributed by atoms with E-state index < -0.39 is 51.6 Å². The minimum atomic E-state index is -4.71.